The number of rotatable bonds is 12. The lowest BCUT2D eigenvalue weighted by Crippen LogP contribution is -2.53. The number of pyridine rings is 1. The van der Waals surface area contributed by atoms with E-state index in [4.69, 9.17) is 0 Å². The van der Waals surface area contributed by atoms with Crippen LogP contribution in [0.5, 0.6) is 0 Å². The van der Waals surface area contributed by atoms with Gasteiger partial charge in [-0.15, -0.1) is 0 Å². The highest BCUT2D eigenvalue weighted by molar-refractivity contribution is 7.92. The number of nitrogens with zero attached hydrogens (tertiary/aromatic N) is 7. The van der Waals surface area contributed by atoms with Crippen molar-refractivity contribution >= 4 is 50.8 Å². The summed E-state index contributed by atoms with van der Waals surface area (Å²) >= 11 is 0. The molecule has 3 saturated heterocycles. The smallest absolute Gasteiger partial charge is 0.371 e. The van der Waals surface area contributed by atoms with Crippen LogP contribution < -0.4 is 25.2 Å². The molecule has 0 saturated carbocycles. The molecule has 1 unspecified atom stereocenters. The van der Waals surface area contributed by atoms with Gasteiger partial charge in [0.2, 0.25) is 27.8 Å². The molecule has 18 heteroatoms. The third kappa shape index (κ3) is 9.85. The summed E-state index contributed by atoms with van der Waals surface area (Å²) in [5.41, 5.74) is 3.10. The van der Waals surface area contributed by atoms with Gasteiger partial charge in [0.25, 0.3) is 0 Å². The molecule has 3 aliphatic heterocycles. The lowest BCUT2D eigenvalue weighted by atomic mass is 9.89. The highest BCUT2D eigenvalue weighted by Gasteiger charge is 2.36. The Bertz CT molecular complexity index is 2210. The van der Waals surface area contributed by atoms with Crippen LogP contribution in [0.4, 0.5) is 42.1 Å². The maximum Gasteiger partial charge on any atom is 0.421 e. The average Bonchev–Trinajstić information content (AvgIpc) is 3.20. The van der Waals surface area contributed by atoms with Crippen LogP contribution in [0.25, 0.3) is 0 Å². The van der Waals surface area contributed by atoms with Crippen molar-refractivity contribution in [2.24, 2.45) is 0 Å². The van der Waals surface area contributed by atoms with E-state index in [1.165, 1.54) is 18.8 Å². The van der Waals surface area contributed by atoms with Crippen molar-refractivity contribution in [3.05, 3.63) is 95.3 Å². The zero-order valence-electron chi connectivity index (χ0n) is 32.4. The predicted octanol–water partition coefficient (Wildman–Crippen LogP) is 4.95. The highest BCUT2D eigenvalue weighted by atomic mass is 32.2. The van der Waals surface area contributed by atoms with Gasteiger partial charge in [-0.1, -0.05) is 30.3 Å². The number of carbonyl (C=O) groups is 2. The van der Waals surface area contributed by atoms with E-state index in [-0.39, 0.29) is 36.0 Å². The SMILES string of the molecule is CN(c1ncccc1CNc1nc(Nc2ccc(N3CCC(N4CCN(Cc5cccc(C6CCC(=O)NC6=O)c5)CC4)CC3)cc2)ncc1C(F)(F)F)S(C)(=O)=O. The number of imide groups is 1. The van der Waals surface area contributed by atoms with Crippen molar-refractivity contribution in [1.29, 1.82) is 0 Å². The number of alkyl halides is 3. The Morgan fingerprint density at radius 1 is 0.931 bits per heavy atom. The normalized spacial score (nSPS) is 18.8. The summed E-state index contributed by atoms with van der Waals surface area (Å²) in [4.78, 5) is 43.6. The lowest BCUT2D eigenvalue weighted by molar-refractivity contribution is -0.137. The number of hydrogen-bond acceptors (Lipinski definition) is 12. The largest absolute Gasteiger partial charge is 0.421 e. The van der Waals surface area contributed by atoms with E-state index in [2.05, 4.69) is 57.7 Å². The van der Waals surface area contributed by atoms with Crippen LogP contribution in [0, 0.1) is 0 Å². The molecule has 7 rings (SSSR count). The Morgan fingerprint density at radius 3 is 2.36 bits per heavy atom. The van der Waals surface area contributed by atoms with Gasteiger partial charge in [0.1, 0.15) is 17.2 Å². The molecule has 0 radical (unpaired) electrons. The van der Waals surface area contributed by atoms with Crippen LogP contribution >= 0.6 is 0 Å². The average molecular weight is 821 g/mol. The van der Waals surface area contributed by atoms with Crippen LogP contribution in [0.1, 0.15) is 53.9 Å². The summed E-state index contributed by atoms with van der Waals surface area (Å²) in [6, 6.07) is 19.5. The van der Waals surface area contributed by atoms with Gasteiger partial charge in [0.05, 0.1) is 12.2 Å². The van der Waals surface area contributed by atoms with Crippen molar-refractivity contribution in [2.75, 3.05) is 72.4 Å². The lowest BCUT2D eigenvalue weighted by Gasteiger charge is -2.43. The van der Waals surface area contributed by atoms with Crippen LogP contribution in [-0.2, 0) is 38.9 Å². The third-order valence-corrected chi connectivity index (χ3v) is 12.2. The van der Waals surface area contributed by atoms with E-state index < -0.39 is 27.6 Å². The molecular weight excluding hydrogens is 774 g/mol. The quantitative estimate of drug-likeness (QED) is 0.166. The zero-order valence-corrected chi connectivity index (χ0v) is 33.2. The highest BCUT2D eigenvalue weighted by Crippen LogP contribution is 2.35. The summed E-state index contributed by atoms with van der Waals surface area (Å²) in [5.74, 6) is -1.11. The van der Waals surface area contributed by atoms with Gasteiger partial charge in [-0.3, -0.25) is 29.0 Å². The van der Waals surface area contributed by atoms with Crippen molar-refractivity contribution in [1.82, 2.24) is 30.1 Å². The number of carbonyl (C=O) groups excluding carboxylic acids is 2. The summed E-state index contributed by atoms with van der Waals surface area (Å²) in [5, 5.41) is 8.18. The number of halogens is 3. The Morgan fingerprint density at radius 2 is 1.67 bits per heavy atom. The predicted molar refractivity (Wildman–Crippen MR) is 215 cm³/mol. The van der Waals surface area contributed by atoms with E-state index >= 15 is 0 Å². The van der Waals surface area contributed by atoms with E-state index in [9.17, 15) is 31.2 Å². The molecule has 2 aromatic heterocycles. The number of aromatic nitrogens is 3. The van der Waals surface area contributed by atoms with Crippen molar-refractivity contribution in [2.45, 2.75) is 56.9 Å². The van der Waals surface area contributed by atoms with Gasteiger partial charge in [0.15, 0.2) is 0 Å². The Balaban J connectivity index is 0.901. The Hall–Kier alpha value is -5.33. The first-order chi connectivity index (χ1) is 27.7. The van der Waals surface area contributed by atoms with Gasteiger partial charge >= 0.3 is 6.18 Å². The van der Waals surface area contributed by atoms with Gasteiger partial charge in [-0.25, -0.2) is 18.4 Å². The second-order valence-corrected chi connectivity index (χ2v) is 17.0. The molecule has 0 bridgehead atoms. The maximum atomic E-state index is 13.9. The summed E-state index contributed by atoms with van der Waals surface area (Å²) in [6.07, 6.45) is 1.38. The maximum absolute atomic E-state index is 13.9. The topological polar surface area (TPSA) is 156 Å². The zero-order chi connectivity index (χ0) is 41.0. The van der Waals surface area contributed by atoms with E-state index in [0.717, 1.165) is 80.5 Å². The molecule has 1 atom stereocenters. The van der Waals surface area contributed by atoms with Crippen LogP contribution in [-0.4, -0.2) is 104 Å². The number of amides is 2. The minimum absolute atomic E-state index is 0.0374. The van der Waals surface area contributed by atoms with Crippen LogP contribution in [0.3, 0.4) is 0 Å². The Labute approximate surface area is 335 Å². The van der Waals surface area contributed by atoms with Gasteiger partial charge < -0.3 is 15.5 Å². The molecule has 4 aromatic rings. The van der Waals surface area contributed by atoms with Crippen LogP contribution in [0.15, 0.2) is 73.1 Å². The molecule has 3 fully saturated rings. The number of anilines is 5. The molecule has 14 nitrogen and oxygen atoms in total. The van der Waals surface area contributed by atoms with E-state index in [1.54, 1.807) is 12.1 Å². The molecule has 3 aliphatic rings. The van der Waals surface area contributed by atoms with Crippen LogP contribution in [0.2, 0.25) is 0 Å². The first kappa shape index (κ1) is 40.9. The molecule has 3 N–H and O–H groups in total. The van der Waals surface area contributed by atoms with Crippen molar-refractivity contribution in [3.8, 4) is 0 Å². The van der Waals surface area contributed by atoms with Gasteiger partial charge in [-0.05, 0) is 60.7 Å². The molecule has 2 aromatic carbocycles. The minimum atomic E-state index is -4.74. The number of sulfonamides is 1. The molecule has 2 amide bonds. The second-order valence-electron chi connectivity index (χ2n) is 15.0. The fourth-order valence-corrected chi connectivity index (χ4v) is 8.29. The monoisotopic (exact) mass is 820 g/mol. The summed E-state index contributed by atoms with van der Waals surface area (Å²) in [7, 11) is -2.34. The third-order valence-electron chi connectivity index (χ3n) is 11.1. The first-order valence-corrected chi connectivity index (χ1v) is 21.1. The molecule has 308 valence electrons. The fraction of sp³-hybridized carbons (Fsp3) is 0.425. The van der Waals surface area contributed by atoms with E-state index in [1.807, 2.05) is 36.4 Å². The number of piperazine rings is 1. The van der Waals surface area contributed by atoms with Crippen molar-refractivity contribution in [3.63, 3.8) is 0 Å². The molecular formula is C40H47F3N10O4S. The molecule has 58 heavy (non-hydrogen) atoms. The Kier molecular flexibility index (Phi) is 12.2. The van der Waals surface area contributed by atoms with Gasteiger partial charge in [0, 0.05) is 101 Å². The summed E-state index contributed by atoms with van der Waals surface area (Å²) in [6.45, 7) is 6.37. The first-order valence-electron chi connectivity index (χ1n) is 19.3. The second kappa shape index (κ2) is 17.3. The van der Waals surface area contributed by atoms with Crippen molar-refractivity contribution < 1.29 is 31.2 Å². The number of benzene rings is 2. The molecule has 0 spiro atoms. The van der Waals surface area contributed by atoms with Gasteiger partial charge in [-0.2, -0.15) is 18.2 Å². The van der Waals surface area contributed by atoms with E-state index in [0.29, 0.717) is 36.3 Å². The standard InChI is InChI=1S/C40H47F3N10O4S/c1-50(58(2,56)57)37-29(7-4-16-44-37)24-45-36-34(40(41,42)43)25-46-39(49-36)47-30-8-10-31(11-9-30)52-17-14-32(15-18-52)53-21-19-51(20-22-53)26-27-5-3-6-28(23-27)33-12-13-35(54)48-38(33)55/h3-11,16,23,25,32-33H,12-15,17-22,24,26H2,1-2H3,(H,48,54,55)(H2,45,46,47,49). The minimum Gasteiger partial charge on any atom is -0.371 e. The molecule has 0 aliphatic carbocycles. The molecule has 5 heterocycles. The number of hydrogen-bond donors (Lipinski definition) is 3. The number of piperidine rings is 2. The summed E-state index contributed by atoms with van der Waals surface area (Å²) < 4.78 is 67.1. The number of nitrogens with one attached hydrogen (secondary N) is 3. The fourth-order valence-electron chi connectivity index (χ4n) is 7.81.